The van der Waals surface area contributed by atoms with Crippen LogP contribution in [0.25, 0.3) is 0 Å². The molecule has 0 aliphatic rings. The number of aliphatic carboxylic acids is 1. The number of urea groups is 1. The molecule has 3 N–H and O–H groups in total. The molecular formula is C17H24N2O3. The molecule has 5 nitrogen and oxygen atoms in total. The van der Waals surface area contributed by atoms with Crippen molar-refractivity contribution in [2.75, 3.05) is 6.54 Å². The molecule has 0 fully saturated rings. The SMILES string of the molecule is CC/C=C/CNC(=O)NC(CCC(=O)O)Cc1ccccc1. The summed E-state index contributed by atoms with van der Waals surface area (Å²) >= 11 is 0. The standard InChI is InChI=1S/C17H24N2O3/c1-2-3-7-12-18-17(22)19-15(10-11-16(20)21)13-14-8-5-4-6-9-14/h3-9,15H,2,10-13H2,1H3,(H,20,21)(H2,18,19,22)/b7-3+. The minimum Gasteiger partial charge on any atom is -0.481 e. The molecule has 0 bridgehead atoms. The van der Waals surface area contributed by atoms with E-state index in [1.54, 1.807) is 0 Å². The maximum atomic E-state index is 11.8. The summed E-state index contributed by atoms with van der Waals surface area (Å²) in [5.41, 5.74) is 1.07. The quantitative estimate of drug-likeness (QED) is 0.614. The lowest BCUT2D eigenvalue weighted by atomic mass is 10.0. The fraction of sp³-hybridized carbons (Fsp3) is 0.412. The van der Waals surface area contributed by atoms with Gasteiger partial charge in [-0.05, 0) is 24.8 Å². The van der Waals surface area contributed by atoms with Gasteiger partial charge in [0.2, 0.25) is 0 Å². The molecular weight excluding hydrogens is 280 g/mol. The number of carboxylic acid groups (broad SMARTS) is 1. The molecule has 1 aromatic carbocycles. The molecule has 22 heavy (non-hydrogen) atoms. The average molecular weight is 304 g/mol. The van der Waals surface area contributed by atoms with Gasteiger partial charge in [0.05, 0.1) is 0 Å². The average Bonchev–Trinajstić information content (AvgIpc) is 2.50. The zero-order chi connectivity index (χ0) is 16.2. The molecule has 1 rings (SSSR count). The van der Waals surface area contributed by atoms with Gasteiger partial charge in [-0.2, -0.15) is 0 Å². The summed E-state index contributed by atoms with van der Waals surface area (Å²) in [7, 11) is 0. The van der Waals surface area contributed by atoms with Gasteiger partial charge in [-0.3, -0.25) is 4.79 Å². The fourth-order valence-electron chi connectivity index (χ4n) is 2.06. The lowest BCUT2D eigenvalue weighted by molar-refractivity contribution is -0.137. The van der Waals surface area contributed by atoms with Crippen molar-refractivity contribution in [2.45, 2.75) is 38.6 Å². The number of hydrogen-bond donors (Lipinski definition) is 3. The number of hydrogen-bond acceptors (Lipinski definition) is 2. The van der Waals surface area contributed by atoms with Crippen LogP contribution in [0.4, 0.5) is 4.79 Å². The normalized spacial score (nSPS) is 12.0. The van der Waals surface area contributed by atoms with E-state index < -0.39 is 5.97 Å². The number of rotatable bonds is 9. The Hall–Kier alpha value is -2.30. The Morgan fingerprint density at radius 3 is 2.59 bits per heavy atom. The highest BCUT2D eigenvalue weighted by atomic mass is 16.4. The summed E-state index contributed by atoms with van der Waals surface area (Å²) in [4.78, 5) is 22.6. The van der Waals surface area contributed by atoms with Crippen LogP contribution in [0.2, 0.25) is 0 Å². The van der Waals surface area contributed by atoms with Crippen molar-refractivity contribution in [3.8, 4) is 0 Å². The Balaban J connectivity index is 2.51. The van der Waals surface area contributed by atoms with Crippen molar-refractivity contribution < 1.29 is 14.7 Å². The summed E-state index contributed by atoms with van der Waals surface area (Å²) < 4.78 is 0. The van der Waals surface area contributed by atoms with Crippen molar-refractivity contribution >= 4 is 12.0 Å². The number of carbonyl (C=O) groups excluding carboxylic acids is 1. The van der Waals surface area contributed by atoms with E-state index in [9.17, 15) is 9.59 Å². The predicted octanol–water partition coefficient (Wildman–Crippen LogP) is 2.73. The van der Waals surface area contributed by atoms with Crippen molar-refractivity contribution in [3.05, 3.63) is 48.0 Å². The molecule has 0 saturated carbocycles. The van der Waals surface area contributed by atoms with Crippen molar-refractivity contribution in [3.63, 3.8) is 0 Å². The number of carboxylic acids is 1. The second-order valence-electron chi connectivity index (χ2n) is 5.05. The molecule has 0 aliphatic carbocycles. The summed E-state index contributed by atoms with van der Waals surface area (Å²) in [6, 6.07) is 9.25. The molecule has 0 spiro atoms. The Bertz CT molecular complexity index is 486. The first-order valence-corrected chi connectivity index (χ1v) is 7.57. The lowest BCUT2D eigenvalue weighted by Crippen LogP contribution is -2.43. The van der Waals surface area contributed by atoms with E-state index in [0.29, 0.717) is 19.4 Å². The minimum absolute atomic E-state index is 0.0352. The van der Waals surface area contributed by atoms with Crippen molar-refractivity contribution in [2.24, 2.45) is 0 Å². The number of allylic oxidation sites excluding steroid dienone is 1. The smallest absolute Gasteiger partial charge is 0.315 e. The molecule has 0 aliphatic heterocycles. The Kier molecular flexibility index (Phi) is 8.42. The zero-order valence-electron chi connectivity index (χ0n) is 12.9. The van der Waals surface area contributed by atoms with E-state index in [4.69, 9.17) is 5.11 Å². The van der Waals surface area contributed by atoms with Crippen LogP contribution in [0.15, 0.2) is 42.5 Å². The van der Waals surface area contributed by atoms with Crippen LogP contribution < -0.4 is 10.6 Å². The molecule has 1 atom stereocenters. The van der Waals surface area contributed by atoms with Gasteiger partial charge in [-0.15, -0.1) is 0 Å². The number of amides is 2. The highest BCUT2D eigenvalue weighted by Gasteiger charge is 2.14. The van der Waals surface area contributed by atoms with Crippen LogP contribution in [-0.4, -0.2) is 29.7 Å². The first-order chi connectivity index (χ1) is 10.6. The molecule has 0 radical (unpaired) electrons. The van der Waals surface area contributed by atoms with E-state index in [2.05, 4.69) is 10.6 Å². The van der Waals surface area contributed by atoms with Gasteiger partial charge in [0.1, 0.15) is 0 Å². The molecule has 0 saturated heterocycles. The van der Waals surface area contributed by atoms with Gasteiger partial charge < -0.3 is 15.7 Å². The van der Waals surface area contributed by atoms with E-state index >= 15 is 0 Å². The maximum absolute atomic E-state index is 11.8. The highest BCUT2D eigenvalue weighted by Crippen LogP contribution is 2.08. The summed E-state index contributed by atoms with van der Waals surface area (Å²) in [6.07, 6.45) is 5.86. The van der Waals surface area contributed by atoms with Crippen LogP contribution >= 0.6 is 0 Å². The van der Waals surface area contributed by atoms with Crippen molar-refractivity contribution in [1.29, 1.82) is 0 Å². The van der Waals surface area contributed by atoms with Gasteiger partial charge in [0.25, 0.3) is 0 Å². The maximum Gasteiger partial charge on any atom is 0.315 e. The predicted molar refractivity (Wildman–Crippen MR) is 86.8 cm³/mol. The first-order valence-electron chi connectivity index (χ1n) is 7.57. The summed E-state index contributed by atoms with van der Waals surface area (Å²) in [5.74, 6) is -0.855. The third-order valence-electron chi connectivity index (χ3n) is 3.15. The molecule has 0 aromatic heterocycles. The van der Waals surface area contributed by atoms with Gasteiger partial charge in [-0.1, -0.05) is 49.4 Å². The van der Waals surface area contributed by atoms with Gasteiger partial charge >= 0.3 is 12.0 Å². The lowest BCUT2D eigenvalue weighted by Gasteiger charge is -2.18. The third kappa shape index (κ3) is 8.09. The molecule has 2 amide bonds. The summed E-state index contributed by atoms with van der Waals surface area (Å²) in [6.45, 7) is 2.50. The van der Waals surface area contributed by atoms with E-state index in [1.807, 2.05) is 49.4 Å². The van der Waals surface area contributed by atoms with Gasteiger partial charge in [0.15, 0.2) is 0 Å². The highest BCUT2D eigenvalue weighted by molar-refractivity contribution is 5.74. The Labute approximate surface area is 131 Å². The van der Waals surface area contributed by atoms with E-state index in [-0.39, 0.29) is 18.5 Å². The minimum atomic E-state index is -0.855. The Morgan fingerprint density at radius 2 is 1.95 bits per heavy atom. The topological polar surface area (TPSA) is 78.4 Å². The fourth-order valence-corrected chi connectivity index (χ4v) is 2.06. The van der Waals surface area contributed by atoms with Crippen LogP contribution in [-0.2, 0) is 11.2 Å². The summed E-state index contributed by atoms with van der Waals surface area (Å²) in [5, 5.41) is 14.4. The number of nitrogens with one attached hydrogen (secondary N) is 2. The molecule has 1 aromatic rings. The zero-order valence-corrected chi connectivity index (χ0v) is 12.9. The molecule has 0 heterocycles. The largest absolute Gasteiger partial charge is 0.481 e. The van der Waals surface area contributed by atoms with Crippen LogP contribution in [0.1, 0.15) is 31.7 Å². The van der Waals surface area contributed by atoms with E-state index in [1.165, 1.54) is 0 Å². The van der Waals surface area contributed by atoms with Crippen LogP contribution in [0.5, 0.6) is 0 Å². The Morgan fingerprint density at radius 1 is 1.23 bits per heavy atom. The van der Waals surface area contributed by atoms with Crippen LogP contribution in [0.3, 0.4) is 0 Å². The molecule has 5 heteroatoms. The second kappa shape index (κ2) is 10.4. The van der Waals surface area contributed by atoms with Crippen LogP contribution in [0, 0.1) is 0 Å². The second-order valence-corrected chi connectivity index (χ2v) is 5.05. The first kappa shape index (κ1) is 17.8. The van der Waals surface area contributed by atoms with Gasteiger partial charge in [0, 0.05) is 19.0 Å². The van der Waals surface area contributed by atoms with Gasteiger partial charge in [-0.25, -0.2) is 4.79 Å². The molecule has 1 unspecified atom stereocenters. The molecule has 120 valence electrons. The monoisotopic (exact) mass is 304 g/mol. The van der Waals surface area contributed by atoms with Crippen molar-refractivity contribution in [1.82, 2.24) is 10.6 Å². The third-order valence-corrected chi connectivity index (χ3v) is 3.15. The number of carbonyl (C=O) groups is 2. The van der Waals surface area contributed by atoms with E-state index in [0.717, 1.165) is 12.0 Å². The number of benzene rings is 1.